The number of hydrogen-bond acceptors (Lipinski definition) is 10. The third-order valence-corrected chi connectivity index (χ3v) is 17.7. The lowest BCUT2D eigenvalue weighted by Crippen LogP contribution is -2.39. The number of likely N-dealkylation sites (tertiary alicyclic amines) is 2. The van der Waals surface area contributed by atoms with Crippen LogP contribution in [0.5, 0.6) is 11.5 Å². The number of ether oxygens (including phenoxy) is 2. The largest absolute Gasteiger partial charge is 0.573 e. The first kappa shape index (κ1) is 50.6. The highest BCUT2D eigenvalue weighted by Crippen LogP contribution is 2.44. The van der Waals surface area contributed by atoms with Crippen molar-refractivity contribution in [2.45, 2.75) is 64.3 Å². The summed E-state index contributed by atoms with van der Waals surface area (Å²) in [6, 6.07) is 27.4. The third-order valence-electron chi connectivity index (χ3n) is 11.3. The molecular formula is C46H49ClF6N4O6S4. The van der Waals surface area contributed by atoms with Crippen molar-refractivity contribution in [1.29, 1.82) is 0 Å². The predicted molar refractivity (Wildman–Crippen MR) is 255 cm³/mol. The fourth-order valence-electron chi connectivity index (χ4n) is 7.86. The summed E-state index contributed by atoms with van der Waals surface area (Å²) in [5, 5.41) is 3.04. The van der Waals surface area contributed by atoms with Crippen molar-refractivity contribution in [3.05, 3.63) is 119 Å². The van der Waals surface area contributed by atoms with Crippen molar-refractivity contribution in [1.82, 2.24) is 9.80 Å². The van der Waals surface area contributed by atoms with E-state index in [9.17, 15) is 43.2 Å². The van der Waals surface area contributed by atoms with Gasteiger partial charge in [0.05, 0.1) is 29.6 Å². The van der Waals surface area contributed by atoms with Gasteiger partial charge in [-0.05, 0) is 111 Å². The van der Waals surface area contributed by atoms with Crippen LogP contribution in [0.2, 0.25) is 5.02 Å². The van der Waals surface area contributed by atoms with Gasteiger partial charge in [-0.2, -0.15) is 0 Å². The quantitative estimate of drug-likeness (QED) is 0.0884. The van der Waals surface area contributed by atoms with Crippen molar-refractivity contribution in [2.24, 2.45) is 0 Å². The van der Waals surface area contributed by atoms with Gasteiger partial charge >= 0.3 is 12.7 Å². The maximum Gasteiger partial charge on any atom is 0.573 e. The summed E-state index contributed by atoms with van der Waals surface area (Å²) < 4.78 is 141. The van der Waals surface area contributed by atoms with Crippen LogP contribution in [0.25, 0.3) is 20.2 Å². The molecule has 0 saturated carbocycles. The Hall–Kier alpha value is -4.31. The summed E-state index contributed by atoms with van der Waals surface area (Å²) in [6.07, 6.45) is -2.99. The molecule has 2 fully saturated rings. The third kappa shape index (κ3) is 14.4. The normalized spacial score (nSPS) is 15.6. The number of alkyl halides is 6. The summed E-state index contributed by atoms with van der Waals surface area (Å²) in [5.74, 6) is -0.799. The molecular weight excluding hydrogens is 982 g/mol. The molecule has 67 heavy (non-hydrogen) atoms. The molecule has 0 atom stereocenters. The van der Waals surface area contributed by atoms with E-state index in [1.54, 1.807) is 0 Å². The number of fused-ring (bicyclic) bond motifs is 2. The number of hydrogen-bond donors (Lipinski definition) is 0. The van der Waals surface area contributed by atoms with E-state index < -0.39 is 32.8 Å². The topological polar surface area (TPSA) is 99.7 Å². The van der Waals surface area contributed by atoms with E-state index in [4.69, 9.17) is 11.6 Å². The van der Waals surface area contributed by atoms with Crippen LogP contribution in [0.1, 0.15) is 49.7 Å². The molecule has 2 aromatic heterocycles. The minimum atomic E-state index is -4.80. The van der Waals surface area contributed by atoms with Crippen LogP contribution < -0.4 is 18.1 Å². The van der Waals surface area contributed by atoms with Crippen LogP contribution in [0.15, 0.2) is 103 Å². The number of thiophene rings is 2. The van der Waals surface area contributed by atoms with Crippen LogP contribution in [0, 0.1) is 0 Å². The minimum absolute atomic E-state index is 0.0173. The van der Waals surface area contributed by atoms with Crippen molar-refractivity contribution in [3.8, 4) is 11.5 Å². The van der Waals surface area contributed by atoms with Gasteiger partial charge in [0.1, 0.15) is 21.5 Å². The van der Waals surface area contributed by atoms with Crippen molar-refractivity contribution in [3.63, 3.8) is 0 Å². The van der Waals surface area contributed by atoms with Crippen LogP contribution in [0.4, 0.5) is 36.3 Å². The smallest absolute Gasteiger partial charge is 0.406 e. The Bertz CT molecular complexity index is 2750. The van der Waals surface area contributed by atoms with Crippen LogP contribution >= 0.6 is 34.3 Å². The molecule has 4 aromatic carbocycles. The summed E-state index contributed by atoms with van der Waals surface area (Å²) in [4.78, 5) is 4.32. The molecule has 0 amide bonds. The number of sulfonamides is 2. The average Bonchev–Trinajstić information content (AvgIpc) is 3.87. The molecule has 10 nitrogen and oxygen atoms in total. The fraction of sp³-hybridized carbons (Fsp3) is 0.391. The maximum atomic E-state index is 13.5. The van der Waals surface area contributed by atoms with Gasteiger partial charge in [-0.25, -0.2) is 16.8 Å². The van der Waals surface area contributed by atoms with Gasteiger partial charge in [-0.3, -0.25) is 8.61 Å². The van der Waals surface area contributed by atoms with Gasteiger partial charge in [0.2, 0.25) is 20.0 Å². The standard InChI is InChI=1S/C23H24ClF3N2O3S2.C23H25F3N2O3S2/c24-21-19-6-2-3-7-20(19)33-22(21)29(34(30,31)15-14-28-12-4-1-5-13-28)16-17-8-10-18(11-9-17)32-23(25,26)27;24-23(25,26)31-20-10-8-18(9-11-20)17-28(22-16-19-6-2-3-7-21(19)32-22)33(29,30)15-14-27-12-4-1-5-13-27/h2-3,6-11H,1,4-5,12-16H2;2-3,6-11,16H,1,4-5,12-15,17H2. The summed E-state index contributed by atoms with van der Waals surface area (Å²) in [6.45, 7) is 4.40. The summed E-state index contributed by atoms with van der Waals surface area (Å²) in [7, 11) is -7.44. The Morgan fingerprint density at radius 1 is 0.567 bits per heavy atom. The number of piperidine rings is 2. The monoisotopic (exact) mass is 1030 g/mol. The molecule has 0 aliphatic carbocycles. The Morgan fingerprint density at radius 3 is 1.49 bits per heavy atom. The molecule has 0 radical (unpaired) electrons. The van der Waals surface area contributed by atoms with E-state index in [1.807, 2.05) is 54.6 Å². The van der Waals surface area contributed by atoms with Gasteiger partial charge < -0.3 is 19.3 Å². The van der Waals surface area contributed by atoms with E-state index in [2.05, 4.69) is 19.3 Å². The first-order valence-electron chi connectivity index (χ1n) is 21.6. The number of benzene rings is 4. The number of anilines is 2. The highest BCUT2D eigenvalue weighted by Gasteiger charge is 2.33. The zero-order chi connectivity index (χ0) is 47.8. The van der Waals surface area contributed by atoms with E-state index >= 15 is 0 Å². The van der Waals surface area contributed by atoms with Gasteiger partial charge in [0, 0.05) is 27.9 Å². The number of nitrogens with zero attached hydrogens (tertiary/aromatic N) is 4. The first-order chi connectivity index (χ1) is 31.8. The maximum absolute atomic E-state index is 13.5. The number of rotatable bonds is 16. The van der Waals surface area contributed by atoms with Gasteiger partial charge in [0.25, 0.3) is 0 Å². The Morgan fingerprint density at radius 2 is 1.01 bits per heavy atom. The second-order valence-corrected chi connectivity index (χ2v) is 22.7. The molecule has 6 aromatic rings. The van der Waals surface area contributed by atoms with E-state index in [1.165, 1.54) is 86.2 Å². The minimum Gasteiger partial charge on any atom is -0.406 e. The van der Waals surface area contributed by atoms with Crippen molar-refractivity contribution in [2.75, 3.05) is 59.4 Å². The molecule has 0 spiro atoms. The molecule has 362 valence electrons. The Kier molecular flexibility index (Phi) is 16.6. The second-order valence-electron chi connectivity index (χ2n) is 16.2. The van der Waals surface area contributed by atoms with Gasteiger partial charge in [0.15, 0.2) is 0 Å². The van der Waals surface area contributed by atoms with Crippen molar-refractivity contribution >= 4 is 84.5 Å². The van der Waals surface area contributed by atoms with Crippen LogP contribution in [-0.2, 0) is 33.1 Å². The lowest BCUT2D eigenvalue weighted by molar-refractivity contribution is -0.275. The molecule has 2 aliphatic rings. The SMILES string of the molecule is O=S(=O)(CCN1CCCCC1)N(Cc1ccc(OC(F)(F)F)cc1)c1cc2ccccc2s1.O=S(=O)(CCN1CCCCC1)N(Cc1ccc(OC(F)(F)F)cc1)c1sc2ccccc2c1Cl. The molecule has 0 unspecified atom stereocenters. The Balaban J connectivity index is 0.000000199. The molecule has 2 aliphatic heterocycles. The first-order valence-corrected chi connectivity index (χ1v) is 26.9. The van der Waals surface area contributed by atoms with Crippen LogP contribution in [0.3, 0.4) is 0 Å². The molecule has 2 saturated heterocycles. The van der Waals surface area contributed by atoms with Gasteiger partial charge in [-0.1, -0.05) is 85.1 Å². The van der Waals surface area contributed by atoms with E-state index in [-0.39, 0.29) is 36.1 Å². The Labute approximate surface area is 399 Å². The lowest BCUT2D eigenvalue weighted by Gasteiger charge is -2.28. The van der Waals surface area contributed by atoms with Crippen molar-refractivity contribution < 1.29 is 52.7 Å². The fourth-order valence-corrected chi connectivity index (χ4v) is 14.0. The predicted octanol–water partition coefficient (Wildman–Crippen LogP) is 11.9. The molecule has 0 N–H and O–H groups in total. The van der Waals surface area contributed by atoms with E-state index in [0.717, 1.165) is 78.5 Å². The highest BCUT2D eigenvalue weighted by molar-refractivity contribution is 7.93. The summed E-state index contributed by atoms with van der Waals surface area (Å²) >= 11 is 9.28. The van der Waals surface area contributed by atoms with Gasteiger partial charge in [-0.15, -0.1) is 49.0 Å². The molecule has 8 rings (SSSR count). The molecule has 4 heterocycles. The summed E-state index contributed by atoms with van der Waals surface area (Å²) in [5.41, 5.74) is 1.09. The zero-order valence-electron chi connectivity index (χ0n) is 36.1. The number of halogens is 7. The molecule has 0 bridgehead atoms. The molecule has 21 heteroatoms. The second kappa shape index (κ2) is 22.0. The lowest BCUT2D eigenvalue weighted by atomic mass is 10.1. The van der Waals surface area contributed by atoms with Crippen LogP contribution in [-0.4, -0.2) is 90.1 Å². The zero-order valence-corrected chi connectivity index (χ0v) is 40.2. The van der Waals surface area contributed by atoms with E-state index in [0.29, 0.717) is 39.2 Å². The average molecular weight is 1030 g/mol. The highest BCUT2D eigenvalue weighted by atomic mass is 35.5.